The Morgan fingerprint density at radius 1 is 1.18 bits per heavy atom. The minimum atomic E-state index is -1.32. The number of carbonyl (C=O) groups excluding carboxylic acids is 1. The van der Waals surface area contributed by atoms with Crippen molar-refractivity contribution in [2.75, 3.05) is 32.6 Å². The number of benzene rings is 2. The van der Waals surface area contributed by atoms with Crippen LogP contribution in [0.15, 0.2) is 65.7 Å². The molecule has 11 nitrogen and oxygen atoms in total. The van der Waals surface area contributed by atoms with Crippen molar-refractivity contribution in [1.29, 1.82) is 0 Å². The Bertz CT molecular complexity index is 1590. The third-order valence-electron chi connectivity index (χ3n) is 7.36. The van der Waals surface area contributed by atoms with Crippen LogP contribution in [0.4, 0.5) is 11.6 Å². The predicted molar refractivity (Wildman–Crippen MR) is 151 cm³/mol. The minimum Gasteiger partial charge on any atom is -0.388 e. The van der Waals surface area contributed by atoms with E-state index in [2.05, 4.69) is 27.7 Å². The van der Waals surface area contributed by atoms with E-state index in [0.29, 0.717) is 42.1 Å². The lowest BCUT2D eigenvalue weighted by Crippen LogP contribution is -2.52. The van der Waals surface area contributed by atoms with Crippen molar-refractivity contribution in [2.24, 2.45) is 0 Å². The summed E-state index contributed by atoms with van der Waals surface area (Å²) in [5, 5.41) is 25.0. The second kappa shape index (κ2) is 11.1. The Morgan fingerprint density at radius 2 is 1.90 bits per heavy atom. The van der Waals surface area contributed by atoms with Crippen molar-refractivity contribution in [2.45, 2.75) is 31.5 Å². The second-order valence-electron chi connectivity index (χ2n) is 9.98. The van der Waals surface area contributed by atoms with Crippen molar-refractivity contribution in [3.63, 3.8) is 0 Å². The highest BCUT2D eigenvalue weighted by Crippen LogP contribution is 2.33. The van der Waals surface area contributed by atoms with Crippen LogP contribution in [0.2, 0.25) is 0 Å². The third kappa shape index (κ3) is 5.19. The number of β-amino-alcohol motifs (C(OH)–C–C–N with tert-alkyl or cyclic N) is 1. The number of likely N-dealkylation sites (tertiary alicyclic amines) is 1. The van der Waals surface area contributed by atoms with Gasteiger partial charge in [-0.05, 0) is 55.3 Å². The molecule has 0 bridgehead atoms. The first-order chi connectivity index (χ1) is 19.2. The number of amides is 1. The number of rotatable bonds is 7. The first-order valence-corrected chi connectivity index (χ1v) is 13.0. The zero-order chi connectivity index (χ0) is 28.4. The van der Waals surface area contributed by atoms with Crippen LogP contribution in [0.5, 0.6) is 0 Å². The van der Waals surface area contributed by atoms with Crippen molar-refractivity contribution in [3.8, 4) is 5.69 Å². The van der Waals surface area contributed by atoms with E-state index in [4.69, 9.17) is 4.84 Å². The highest BCUT2D eigenvalue weighted by atomic mass is 16.6. The molecule has 40 heavy (non-hydrogen) atoms. The molecule has 4 N–H and O–H groups in total. The van der Waals surface area contributed by atoms with Crippen LogP contribution in [0, 0.1) is 0 Å². The molecule has 1 amide bonds. The van der Waals surface area contributed by atoms with E-state index in [9.17, 15) is 19.8 Å². The average Bonchev–Trinajstić information content (AvgIpc) is 2.96. The van der Waals surface area contributed by atoms with E-state index in [-0.39, 0.29) is 16.9 Å². The number of anilines is 2. The van der Waals surface area contributed by atoms with Gasteiger partial charge in [-0.15, -0.1) is 0 Å². The molecule has 208 valence electrons. The smallest absolute Gasteiger partial charge is 0.280 e. The van der Waals surface area contributed by atoms with E-state index in [0.717, 1.165) is 12.0 Å². The van der Waals surface area contributed by atoms with Crippen LogP contribution in [-0.4, -0.2) is 68.9 Å². The highest BCUT2D eigenvalue weighted by Gasteiger charge is 2.41. The van der Waals surface area contributed by atoms with Crippen LogP contribution >= 0.6 is 0 Å². The molecule has 1 aliphatic rings. The van der Waals surface area contributed by atoms with Gasteiger partial charge in [-0.3, -0.25) is 14.4 Å². The van der Waals surface area contributed by atoms with Gasteiger partial charge < -0.3 is 25.0 Å². The number of nitrogens with zero attached hydrogens (tertiary/aromatic N) is 4. The molecule has 3 heterocycles. The number of hydrogen-bond acceptors (Lipinski definition) is 9. The molecule has 1 saturated heterocycles. The average molecular weight is 545 g/mol. The first-order valence-electron chi connectivity index (χ1n) is 13.0. The number of hydrogen-bond donors (Lipinski definition) is 4. The number of likely N-dealkylation sites (N-methyl/N-ethyl adjacent to an activating group) is 1. The van der Waals surface area contributed by atoms with Gasteiger partial charge in [0.1, 0.15) is 11.2 Å². The first kappa shape index (κ1) is 27.4. The van der Waals surface area contributed by atoms with Crippen LogP contribution in [-0.2, 0) is 16.9 Å². The Morgan fingerprint density at radius 3 is 2.55 bits per heavy atom. The molecular weight excluding hydrogens is 512 g/mol. The molecule has 2 aromatic heterocycles. The van der Waals surface area contributed by atoms with Gasteiger partial charge in [0.25, 0.3) is 5.91 Å². The van der Waals surface area contributed by atoms with Gasteiger partial charge in [-0.25, -0.2) is 10.5 Å². The Kier molecular flexibility index (Phi) is 7.63. The lowest BCUT2D eigenvalue weighted by atomic mass is 9.82. The summed E-state index contributed by atoms with van der Waals surface area (Å²) in [6.45, 7) is 3.13. The lowest BCUT2D eigenvalue weighted by Gasteiger charge is -2.41. The summed E-state index contributed by atoms with van der Waals surface area (Å²) in [4.78, 5) is 41.4. The summed E-state index contributed by atoms with van der Waals surface area (Å²) >= 11 is 0. The number of fused-ring (bicyclic) bond motifs is 1. The zero-order valence-corrected chi connectivity index (χ0v) is 22.6. The van der Waals surface area contributed by atoms with Crippen LogP contribution in [0.3, 0.4) is 0 Å². The molecule has 1 aliphatic heterocycles. The highest BCUT2D eigenvalue weighted by molar-refractivity contribution is 5.96. The second-order valence-corrected chi connectivity index (χ2v) is 9.98. The monoisotopic (exact) mass is 544 g/mol. The van der Waals surface area contributed by atoms with Gasteiger partial charge in [0.2, 0.25) is 11.4 Å². The topological polar surface area (TPSA) is 142 Å². The van der Waals surface area contributed by atoms with Crippen LogP contribution < -0.4 is 16.2 Å². The van der Waals surface area contributed by atoms with Crippen molar-refractivity contribution < 1.29 is 19.8 Å². The molecule has 1 fully saturated rings. The summed E-state index contributed by atoms with van der Waals surface area (Å²) in [6.07, 6.45) is 3.23. The number of aliphatic hydroxyl groups is 2. The molecule has 4 aromatic rings. The number of aryl methyl sites for hydroxylation is 1. The molecule has 0 unspecified atom stereocenters. The van der Waals surface area contributed by atoms with Gasteiger partial charge in [-0.2, -0.15) is 4.98 Å². The molecule has 0 spiro atoms. The molecule has 2 aromatic carbocycles. The fraction of sp³-hybridized carbons (Fsp3) is 0.310. The van der Waals surface area contributed by atoms with E-state index in [1.54, 1.807) is 28.8 Å². The SMILES string of the molecule is CCc1ccc(-n2cc(C(=O)NOC)c(=O)c3cnc(Nc4ccc([C@]5(O)CCN(C)C[C@H]5O)cc4)nc32)cc1. The molecule has 2 atom stereocenters. The predicted octanol–water partition coefficient (Wildman–Crippen LogP) is 2.26. The van der Waals surface area contributed by atoms with Crippen molar-refractivity contribution in [3.05, 3.63) is 87.8 Å². The summed E-state index contributed by atoms with van der Waals surface area (Å²) in [6, 6.07) is 14.8. The number of aliphatic hydroxyl groups excluding tert-OH is 1. The molecule has 5 rings (SSSR count). The van der Waals surface area contributed by atoms with Gasteiger partial charge in [0, 0.05) is 36.9 Å². The Hall–Kier alpha value is -4.16. The van der Waals surface area contributed by atoms with Gasteiger partial charge in [0.15, 0.2) is 5.65 Å². The largest absolute Gasteiger partial charge is 0.388 e. The fourth-order valence-electron chi connectivity index (χ4n) is 4.94. The number of piperidine rings is 1. The zero-order valence-electron chi connectivity index (χ0n) is 22.6. The van der Waals surface area contributed by atoms with Gasteiger partial charge in [-0.1, -0.05) is 31.2 Å². The summed E-state index contributed by atoms with van der Waals surface area (Å²) in [5.41, 5.74) is 3.72. The van der Waals surface area contributed by atoms with E-state index >= 15 is 0 Å². The molecule has 0 saturated carbocycles. The summed E-state index contributed by atoms with van der Waals surface area (Å²) < 4.78 is 1.67. The standard InChI is InChI=1S/C29H32N6O5/c1-4-18-5-11-21(12-6-18)35-16-23(27(38)33-40-3)25(37)22-15-30-28(32-26(22)35)31-20-9-7-19(8-10-20)29(39)13-14-34(2)17-24(29)36/h5-12,15-16,24,36,39H,4,13-14,17H2,1-3H3,(H,33,38)(H,30,31,32)/t24-,29-/m1/s1. The number of nitrogens with one attached hydrogen (secondary N) is 2. The summed E-state index contributed by atoms with van der Waals surface area (Å²) in [7, 11) is 3.21. The fourth-order valence-corrected chi connectivity index (χ4v) is 4.94. The minimum absolute atomic E-state index is 0.108. The van der Waals surface area contributed by atoms with Crippen molar-refractivity contribution >= 4 is 28.6 Å². The van der Waals surface area contributed by atoms with Crippen LogP contribution in [0.1, 0.15) is 34.8 Å². The van der Waals surface area contributed by atoms with Gasteiger partial charge >= 0.3 is 0 Å². The normalized spacial score (nSPS) is 19.5. The van der Waals surface area contributed by atoms with E-state index in [1.165, 1.54) is 19.5 Å². The maximum Gasteiger partial charge on any atom is 0.280 e. The molecule has 11 heteroatoms. The van der Waals surface area contributed by atoms with Crippen molar-refractivity contribution in [1.82, 2.24) is 24.9 Å². The molecular formula is C29H32N6O5. The van der Waals surface area contributed by atoms with Gasteiger partial charge in [0.05, 0.1) is 18.6 Å². The molecule has 0 aliphatic carbocycles. The van der Waals surface area contributed by atoms with E-state index < -0.39 is 23.0 Å². The number of hydroxylamine groups is 1. The Balaban J connectivity index is 1.51. The Labute approximate surface area is 231 Å². The van der Waals surface area contributed by atoms with E-state index in [1.807, 2.05) is 36.2 Å². The maximum absolute atomic E-state index is 13.2. The lowest BCUT2D eigenvalue weighted by molar-refractivity contribution is -0.120. The number of aromatic nitrogens is 3. The summed E-state index contributed by atoms with van der Waals surface area (Å²) in [5.74, 6) is -0.433. The quantitative estimate of drug-likeness (QED) is 0.258. The number of pyridine rings is 1. The maximum atomic E-state index is 13.2. The number of carbonyl (C=O) groups is 1. The molecule has 0 radical (unpaired) electrons. The third-order valence-corrected chi connectivity index (χ3v) is 7.36. The van der Waals surface area contributed by atoms with Crippen LogP contribution in [0.25, 0.3) is 16.7 Å².